The van der Waals surface area contributed by atoms with E-state index < -0.39 is 17.2 Å². The largest absolute Gasteiger partial charge is 0.348 e. The Morgan fingerprint density at radius 1 is 1.03 bits per heavy atom. The van der Waals surface area contributed by atoms with E-state index in [-0.39, 0.29) is 12.0 Å². The van der Waals surface area contributed by atoms with Gasteiger partial charge in [-0.15, -0.1) is 0 Å². The molecule has 0 radical (unpaired) electrons. The zero-order valence-corrected chi connectivity index (χ0v) is 17.7. The lowest BCUT2D eigenvalue weighted by Crippen LogP contribution is -2.59. The Hall–Kier alpha value is -1.24. The summed E-state index contributed by atoms with van der Waals surface area (Å²) in [6.07, 6.45) is 8.03. The van der Waals surface area contributed by atoms with Crippen molar-refractivity contribution >= 4 is 5.57 Å². The van der Waals surface area contributed by atoms with Gasteiger partial charge in [0.2, 0.25) is 5.79 Å². The molecule has 0 bridgehead atoms. The molecule has 2 aliphatic carbocycles. The van der Waals surface area contributed by atoms with Crippen LogP contribution in [0.2, 0.25) is 0 Å². The van der Waals surface area contributed by atoms with Gasteiger partial charge >= 0.3 is 0 Å². The van der Waals surface area contributed by atoms with Gasteiger partial charge in [0.05, 0.1) is 13.2 Å². The molecule has 0 amide bonds. The van der Waals surface area contributed by atoms with Gasteiger partial charge in [0.25, 0.3) is 0 Å². The van der Waals surface area contributed by atoms with Crippen molar-refractivity contribution < 1.29 is 24.0 Å². The van der Waals surface area contributed by atoms with Gasteiger partial charge in [-0.2, -0.15) is 4.89 Å². The molecule has 2 heterocycles. The molecule has 1 aromatic rings. The van der Waals surface area contributed by atoms with Crippen LogP contribution < -0.4 is 0 Å². The maximum absolute atomic E-state index is 6.80. The standard InChI is InChI=1S/C24H32O5/c1-17-16-21-23(3,20-10-5-4-9-19(17)20)28-29-24(27-21)12-7-6-8-18(24)11-13-22(2)25-14-15-26-22/h4-5,9-10,16,18,21H,6-8,11-15H2,1-3H3/t18?,21-,23+,24?/m0/s1. The molecule has 5 nitrogen and oxygen atoms in total. The summed E-state index contributed by atoms with van der Waals surface area (Å²) in [4.78, 5) is 12.4. The van der Waals surface area contributed by atoms with Crippen molar-refractivity contribution in [2.24, 2.45) is 5.92 Å². The van der Waals surface area contributed by atoms with Crippen LogP contribution >= 0.6 is 0 Å². The van der Waals surface area contributed by atoms with Crippen molar-refractivity contribution in [3.8, 4) is 0 Å². The van der Waals surface area contributed by atoms with Gasteiger partial charge in [0.1, 0.15) is 6.10 Å². The first-order chi connectivity index (χ1) is 13.9. The highest BCUT2D eigenvalue weighted by atomic mass is 17.2. The molecule has 2 saturated heterocycles. The van der Waals surface area contributed by atoms with E-state index >= 15 is 0 Å². The second-order valence-corrected chi connectivity index (χ2v) is 9.33. The maximum Gasteiger partial charge on any atom is 0.205 e. The van der Waals surface area contributed by atoms with E-state index in [1.54, 1.807) is 0 Å². The first-order valence-corrected chi connectivity index (χ1v) is 11.1. The minimum Gasteiger partial charge on any atom is -0.348 e. The van der Waals surface area contributed by atoms with Gasteiger partial charge in [0.15, 0.2) is 11.4 Å². The Morgan fingerprint density at radius 2 is 1.83 bits per heavy atom. The summed E-state index contributed by atoms with van der Waals surface area (Å²) >= 11 is 0. The summed E-state index contributed by atoms with van der Waals surface area (Å²) in [6, 6.07) is 8.38. The van der Waals surface area contributed by atoms with Crippen LogP contribution in [0, 0.1) is 5.92 Å². The summed E-state index contributed by atoms with van der Waals surface area (Å²) in [5, 5.41) is 0. The number of fused-ring (bicyclic) bond motifs is 3. The normalized spacial score (nSPS) is 38.4. The molecule has 5 rings (SSSR count). The molecule has 1 saturated carbocycles. The zero-order chi connectivity index (χ0) is 20.1. The van der Waals surface area contributed by atoms with E-state index in [0.29, 0.717) is 13.2 Å². The molecule has 2 aliphatic heterocycles. The minimum absolute atomic E-state index is 0.165. The molecule has 0 aromatic heterocycles. The fourth-order valence-electron chi connectivity index (χ4n) is 5.47. The van der Waals surface area contributed by atoms with Crippen molar-refractivity contribution in [2.75, 3.05) is 13.2 Å². The van der Waals surface area contributed by atoms with Crippen LogP contribution in [0.25, 0.3) is 5.57 Å². The summed E-state index contributed by atoms with van der Waals surface area (Å²) in [5.41, 5.74) is 2.94. The van der Waals surface area contributed by atoms with Crippen LogP contribution in [-0.4, -0.2) is 30.9 Å². The number of allylic oxidation sites excluding steroid dienone is 1. The molecule has 1 aromatic carbocycles. The number of benzene rings is 1. The molecular weight excluding hydrogens is 368 g/mol. The van der Waals surface area contributed by atoms with Gasteiger partial charge in [-0.1, -0.05) is 30.7 Å². The molecule has 158 valence electrons. The fraction of sp³-hybridized carbons (Fsp3) is 0.667. The van der Waals surface area contributed by atoms with Gasteiger partial charge < -0.3 is 14.2 Å². The van der Waals surface area contributed by atoms with Crippen molar-refractivity contribution in [2.45, 2.75) is 82.6 Å². The summed E-state index contributed by atoms with van der Waals surface area (Å²) in [5.74, 6) is -0.917. The van der Waals surface area contributed by atoms with Crippen molar-refractivity contribution in [3.63, 3.8) is 0 Å². The number of ether oxygens (including phenoxy) is 3. The second-order valence-electron chi connectivity index (χ2n) is 9.33. The van der Waals surface area contributed by atoms with Gasteiger partial charge in [-0.05, 0) is 62.8 Å². The average Bonchev–Trinajstić information content (AvgIpc) is 3.16. The van der Waals surface area contributed by atoms with Crippen LogP contribution in [-0.2, 0) is 29.6 Å². The van der Waals surface area contributed by atoms with Gasteiger partial charge in [-0.3, -0.25) is 0 Å². The van der Waals surface area contributed by atoms with Crippen LogP contribution in [0.5, 0.6) is 0 Å². The Balaban J connectivity index is 1.39. The maximum atomic E-state index is 6.80. The molecule has 29 heavy (non-hydrogen) atoms. The van der Waals surface area contributed by atoms with Crippen LogP contribution in [0.4, 0.5) is 0 Å². The SMILES string of the molecule is CC1=C[C@@H]2OC3(CCCCC3CCC3(C)OCCO3)OO[C@]2(C)c2ccccc21. The zero-order valence-electron chi connectivity index (χ0n) is 17.7. The monoisotopic (exact) mass is 400 g/mol. The van der Waals surface area contributed by atoms with E-state index in [2.05, 4.69) is 44.2 Å². The smallest absolute Gasteiger partial charge is 0.205 e. The van der Waals surface area contributed by atoms with E-state index in [1.807, 2.05) is 6.92 Å². The van der Waals surface area contributed by atoms with Crippen molar-refractivity contribution in [1.82, 2.24) is 0 Å². The Kier molecular flexibility index (Phi) is 4.87. The quantitative estimate of drug-likeness (QED) is 0.661. The third-order valence-electron chi connectivity index (χ3n) is 7.31. The highest BCUT2D eigenvalue weighted by Crippen LogP contribution is 2.52. The first kappa shape index (κ1) is 19.7. The van der Waals surface area contributed by atoms with E-state index in [4.69, 9.17) is 24.0 Å². The van der Waals surface area contributed by atoms with E-state index in [1.165, 1.54) is 17.6 Å². The lowest BCUT2D eigenvalue weighted by molar-refractivity contribution is -0.540. The Labute approximate surface area is 173 Å². The van der Waals surface area contributed by atoms with Crippen molar-refractivity contribution in [3.05, 3.63) is 41.5 Å². The van der Waals surface area contributed by atoms with E-state index in [9.17, 15) is 0 Å². The predicted octanol–water partition coefficient (Wildman–Crippen LogP) is 5.10. The number of hydrogen-bond donors (Lipinski definition) is 0. The summed E-state index contributed by atoms with van der Waals surface area (Å²) < 4.78 is 18.4. The molecule has 1 spiro atoms. The van der Waals surface area contributed by atoms with Crippen LogP contribution in [0.15, 0.2) is 30.3 Å². The fourth-order valence-corrected chi connectivity index (χ4v) is 5.47. The molecule has 0 N–H and O–H groups in total. The molecular formula is C24H32O5. The topological polar surface area (TPSA) is 46.2 Å². The summed E-state index contributed by atoms with van der Waals surface area (Å²) in [7, 11) is 0. The molecule has 4 aliphatic rings. The second kappa shape index (κ2) is 7.17. The molecule has 5 heteroatoms. The first-order valence-electron chi connectivity index (χ1n) is 11.1. The third-order valence-corrected chi connectivity index (χ3v) is 7.31. The Bertz CT molecular complexity index is 798. The summed E-state index contributed by atoms with van der Waals surface area (Å²) in [6.45, 7) is 7.61. The average molecular weight is 401 g/mol. The number of rotatable bonds is 3. The third kappa shape index (κ3) is 3.28. The van der Waals surface area contributed by atoms with Crippen LogP contribution in [0.1, 0.15) is 70.4 Å². The minimum atomic E-state index is -0.694. The Morgan fingerprint density at radius 3 is 2.66 bits per heavy atom. The number of hydrogen-bond acceptors (Lipinski definition) is 5. The lowest BCUT2D eigenvalue weighted by Gasteiger charge is -2.53. The van der Waals surface area contributed by atoms with Gasteiger partial charge in [0, 0.05) is 18.8 Å². The molecule has 2 unspecified atom stereocenters. The highest BCUT2D eigenvalue weighted by Gasteiger charge is 2.56. The molecule has 3 fully saturated rings. The molecule has 4 atom stereocenters. The van der Waals surface area contributed by atoms with E-state index in [0.717, 1.165) is 37.7 Å². The van der Waals surface area contributed by atoms with Crippen LogP contribution in [0.3, 0.4) is 0 Å². The van der Waals surface area contributed by atoms with Crippen molar-refractivity contribution in [1.29, 1.82) is 0 Å². The predicted molar refractivity (Wildman–Crippen MR) is 109 cm³/mol. The lowest BCUT2D eigenvalue weighted by atomic mass is 9.76. The highest BCUT2D eigenvalue weighted by molar-refractivity contribution is 5.71. The van der Waals surface area contributed by atoms with Gasteiger partial charge in [-0.25, -0.2) is 4.89 Å².